The molecule has 0 saturated carbocycles. The number of aryl methyl sites for hydroxylation is 2. The number of nitrogens with one attached hydrogen (secondary N) is 1. The molecule has 0 aliphatic carbocycles. The number of amides is 1. The van der Waals surface area contributed by atoms with Gasteiger partial charge in [-0.1, -0.05) is 6.07 Å². The maximum Gasteiger partial charge on any atom is 0.224 e. The highest BCUT2D eigenvalue weighted by molar-refractivity contribution is 7.15. The minimum atomic E-state index is 0.184. The summed E-state index contributed by atoms with van der Waals surface area (Å²) >= 11 is 1.64. The summed E-state index contributed by atoms with van der Waals surface area (Å²) in [4.78, 5) is 24.6. The van der Waals surface area contributed by atoms with E-state index in [1.807, 2.05) is 24.0 Å². The number of anilines is 2. The number of rotatable bonds is 6. The molecule has 0 spiro atoms. The van der Waals surface area contributed by atoms with Crippen LogP contribution < -0.4 is 5.32 Å². The van der Waals surface area contributed by atoms with Gasteiger partial charge in [-0.3, -0.25) is 4.79 Å². The molecule has 6 nitrogen and oxygen atoms in total. The van der Waals surface area contributed by atoms with Crippen LogP contribution in [0.3, 0.4) is 0 Å². The smallest absolute Gasteiger partial charge is 0.224 e. The number of thiazole rings is 1. The summed E-state index contributed by atoms with van der Waals surface area (Å²) in [5, 5.41) is 4.19. The Morgan fingerprint density at radius 1 is 1.31 bits per heavy atom. The fraction of sp³-hybridized carbons (Fsp3) is 0.526. The number of pyridine rings is 1. The number of methoxy groups -OCH3 is 1. The topological polar surface area (TPSA) is 67.3 Å². The summed E-state index contributed by atoms with van der Waals surface area (Å²) < 4.78 is 5.00. The van der Waals surface area contributed by atoms with Crippen molar-refractivity contribution in [2.75, 3.05) is 32.1 Å². The van der Waals surface area contributed by atoms with E-state index in [4.69, 9.17) is 9.72 Å². The Morgan fingerprint density at radius 3 is 2.73 bits per heavy atom. The van der Waals surface area contributed by atoms with Crippen molar-refractivity contribution in [3.05, 3.63) is 34.5 Å². The molecule has 1 N–H and O–H groups in total. The summed E-state index contributed by atoms with van der Waals surface area (Å²) in [5.41, 5.74) is 2.14. The second-order valence-corrected chi connectivity index (χ2v) is 7.83. The van der Waals surface area contributed by atoms with Crippen LogP contribution in [-0.4, -0.2) is 47.6 Å². The number of aromatic nitrogens is 2. The zero-order chi connectivity index (χ0) is 18.5. The molecule has 1 amide bonds. The Bertz CT molecular complexity index is 734. The van der Waals surface area contributed by atoms with Crippen molar-refractivity contribution < 1.29 is 9.53 Å². The van der Waals surface area contributed by atoms with Gasteiger partial charge in [0.15, 0.2) is 5.13 Å². The van der Waals surface area contributed by atoms with Crippen molar-refractivity contribution in [1.82, 2.24) is 14.9 Å². The molecule has 0 unspecified atom stereocenters. The van der Waals surface area contributed by atoms with Crippen LogP contribution in [0.25, 0.3) is 0 Å². The number of nitrogens with zero attached hydrogens (tertiary/aromatic N) is 3. The highest BCUT2D eigenvalue weighted by Crippen LogP contribution is 2.29. The second-order valence-electron chi connectivity index (χ2n) is 6.63. The van der Waals surface area contributed by atoms with E-state index in [1.165, 1.54) is 4.88 Å². The monoisotopic (exact) mass is 374 g/mol. The van der Waals surface area contributed by atoms with Crippen LogP contribution in [0.15, 0.2) is 18.2 Å². The molecule has 1 aliphatic heterocycles. The fourth-order valence-corrected chi connectivity index (χ4v) is 3.98. The normalized spacial score (nSPS) is 15.3. The van der Waals surface area contributed by atoms with E-state index >= 15 is 0 Å². The van der Waals surface area contributed by atoms with Gasteiger partial charge in [-0.05, 0) is 38.8 Å². The van der Waals surface area contributed by atoms with Gasteiger partial charge in [-0.15, -0.1) is 11.3 Å². The quantitative estimate of drug-likeness (QED) is 0.836. The highest BCUT2D eigenvalue weighted by Gasteiger charge is 2.24. The Morgan fingerprint density at radius 2 is 2.08 bits per heavy atom. The van der Waals surface area contributed by atoms with Crippen LogP contribution in [0.2, 0.25) is 0 Å². The predicted octanol–water partition coefficient (Wildman–Crippen LogP) is 3.64. The molecule has 2 aromatic rings. The van der Waals surface area contributed by atoms with Gasteiger partial charge >= 0.3 is 0 Å². The minimum absolute atomic E-state index is 0.184. The van der Waals surface area contributed by atoms with E-state index in [-0.39, 0.29) is 5.91 Å². The predicted molar refractivity (Wildman–Crippen MR) is 104 cm³/mol. The zero-order valence-corrected chi connectivity index (χ0v) is 16.4. The highest BCUT2D eigenvalue weighted by atomic mass is 32.1. The number of carbonyl (C=O) groups is 1. The van der Waals surface area contributed by atoms with Crippen molar-refractivity contribution in [3.8, 4) is 0 Å². The Kier molecular flexibility index (Phi) is 6.21. The van der Waals surface area contributed by atoms with Crippen molar-refractivity contribution in [2.45, 2.75) is 39.0 Å². The fourth-order valence-electron chi connectivity index (χ4n) is 3.16. The molecule has 0 radical (unpaired) electrons. The zero-order valence-electron chi connectivity index (χ0n) is 15.6. The van der Waals surface area contributed by atoms with E-state index < -0.39 is 0 Å². The summed E-state index contributed by atoms with van der Waals surface area (Å²) in [6, 6.07) is 6.09. The van der Waals surface area contributed by atoms with Gasteiger partial charge in [0.1, 0.15) is 5.82 Å². The molecule has 1 fully saturated rings. The van der Waals surface area contributed by atoms with Crippen molar-refractivity contribution in [3.63, 3.8) is 0 Å². The first-order valence-electron chi connectivity index (χ1n) is 9.01. The SMILES string of the molecule is COCCC(=O)N1CCC(c2cccc(Nc3nc(C)c(C)s3)n2)CC1. The molecule has 26 heavy (non-hydrogen) atoms. The summed E-state index contributed by atoms with van der Waals surface area (Å²) in [7, 11) is 1.63. The van der Waals surface area contributed by atoms with Crippen LogP contribution in [0, 0.1) is 13.8 Å². The lowest BCUT2D eigenvalue weighted by Gasteiger charge is -2.32. The first-order chi connectivity index (χ1) is 12.6. The molecule has 3 rings (SSSR count). The van der Waals surface area contributed by atoms with E-state index in [2.05, 4.69) is 23.3 Å². The van der Waals surface area contributed by atoms with Crippen LogP contribution in [0.5, 0.6) is 0 Å². The lowest BCUT2D eigenvalue weighted by Crippen LogP contribution is -2.38. The lowest BCUT2D eigenvalue weighted by atomic mass is 9.93. The molecular weight excluding hydrogens is 348 g/mol. The first kappa shape index (κ1) is 18.8. The van der Waals surface area contributed by atoms with E-state index in [9.17, 15) is 4.79 Å². The third-order valence-electron chi connectivity index (χ3n) is 4.82. The Balaban J connectivity index is 1.59. The molecule has 140 valence electrons. The average molecular weight is 375 g/mol. The van der Waals surface area contributed by atoms with Crippen LogP contribution in [0.4, 0.5) is 10.9 Å². The lowest BCUT2D eigenvalue weighted by molar-refractivity contribution is -0.133. The van der Waals surface area contributed by atoms with Gasteiger partial charge in [0, 0.05) is 36.7 Å². The number of ether oxygens (including phenoxy) is 1. The second kappa shape index (κ2) is 8.60. The number of carbonyl (C=O) groups excluding carboxylic acids is 1. The van der Waals surface area contributed by atoms with Crippen LogP contribution >= 0.6 is 11.3 Å². The number of likely N-dealkylation sites (tertiary alicyclic amines) is 1. The molecule has 1 aliphatic rings. The Hall–Kier alpha value is -1.99. The largest absolute Gasteiger partial charge is 0.384 e. The van der Waals surface area contributed by atoms with E-state index in [0.29, 0.717) is 18.9 Å². The van der Waals surface area contributed by atoms with E-state index in [0.717, 1.165) is 48.3 Å². The van der Waals surface area contributed by atoms with Gasteiger partial charge in [-0.25, -0.2) is 9.97 Å². The van der Waals surface area contributed by atoms with Crippen LogP contribution in [-0.2, 0) is 9.53 Å². The van der Waals surface area contributed by atoms with Crippen LogP contribution in [0.1, 0.15) is 41.4 Å². The molecular formula is C19H26N4O2S. The van der Waals surface area contributed by atoms with Crippen molar-refractivity contribution >= 4 is 28.2 Å². The number of piperidine rings is 1. The molecule has 2 aromatic heterocycles. The summed E-state index contributed by atoms with van der Waals surface area (Å²) in [5.74, 6) is 1.40. The molecule has 0 bridgehead atoms. The first-order valence-corrected chi connectivity index (χ1v) is 9.83. The summed E-state index contributed by atoms with van der Waals surface area (Å²) in [6.07, 6.45) is 2.36. The minimum Gasteiger partial charge on any atom is -0.384 e. The molecule has 7 heteroatoms. The van der Waals surface area contributed by atoms with Crippen molar-refractivity contribution in [1.29, 1.82) is 0 Å². The third kappa shape index (κ3) is 4.59. The molecule has 0 atom stereocenters. The van der Waals surface area contributed by atoms with Crippen molar-refractivity contribution in [2.24, 2.45) is 0 Å². The average Bonchev–Trinajstić information content (AvgIpc) is 2.97. The third-order valence-corrected chi connectivity index (χ3v) is 5.81. The van der Waals surface area contributed by atoms with Gasteiger partial charge in [-0.2, -0.15) is 0 Å². The van der Waals surface area contributed by atoms with Gasteiger partial charge < -0.3 is 15.0 Å². The molecule has 3 heterocycles. The van der Waals surface area contributed by atoms with Gasteiger partial charge in [0.05, 0.1) is 18.7 Å². The number of hydrogen-bond donors (Lipinski definition) is 1. The standard InChI is InChI=1S/C19H26N4O2S/c1-13-14(2)26-19(20-13)22-17-6-4-5-16(21-17)15-7-10-23(11-8-15)18(24)9-12-25-3/h4-6,15H,7-12H2,1-3H3,(H,20,21,22). The van der Waals surface area contributed by atoms with Gasteiger partial charge in [0.2, 0.25) is 5.91 Å². The molecule has 0 aromatic carbocycles. The van der Waals surface area contributed by atoms with Gasteiger partial charge in [0.25, 0.3) is 0 Å². The maximum atomic E-state index is 12.1. The summed E-state index contributed by atoms with van der Waals surface area (Å²) in [6.45, 7) is 6.16. The maximum absolute atomic E-state index is 12.1. The van der Waals surface area contributed by atoms with E-state index in [1.54, 1.807) is 18.4 Å². The molecule has 1 saturated heterocycles. The Labute approximate surface area is 158 Å². The number of hydrogen-bond acceptors (Lipinski definition) is 6.